The van der Waals surface area contributed by atoms with Gasteiger partial charge in [-0.3, -0.25) is 24.0 Å². The molecule has 0 saturated heterocycles. The fourth-order valence-corrected chi connectivity index (χ4v) is 4.26. The largest absolute Gasteiger partial charge is 0.354 e. The van der Waals surface area contributed by atoms with Crippen molar-refractivity contribution < 1.29 is 22.9 Å². The summed E-state index contributed by atoms with van der Waals surface area (Å²) in [5.74, 6) is -0.886. The van der Waals surface area contributed by atoms with Crippen LogP contribution in [-0.2, 0) is 26.2 Å². The molecule has 2 amide bonds. The molecule has 2 rings (SSSR count). The Bertz CT molecular complexity index is 1190. The fourth-order valence-electron chi connectivity index (χ4n) is 3.22. The van der Waals surface area contributed by atoms with Gasteiger partial charge in [-0.25, -0.2) is 8.42 Å². The average Bonchev–Trinajstić information content (AvgIpc) is 2.79. The molecule has 0 aromatic heterocycles. The number of nitrogens with one attached hydrogen (secondary N) is 1. The van der Waals surface area contributed by atoms with Gasteiger partial charge in [0.05, 0.1) is 16.9 Å². The zero-order chi connectivity index (χ0) is 26.3. The van der Waals surface area contributed by atoms with Crippen LogP contribution in [0.5, 0.6) is 0 Å². The second-order valence-electron chi connectivity index (χ2n) is 8.47. The van der Waals surface area contributed by atoms with Crippen LogP contribution in [-0.4, -0.2) is 55.4 Å². The molecule has 0 aliphatic heterocycles. The molecule has 0 aliphatic carbocycles. The topological polar surface area (TPSA) is 130 Å². The number of benzene rings is 2. The summed E-state index contributed by atoms with van der Waals surface area (Å²) < 4.78 is 25.9. The van der Waals surface area contributed by atoms with Gasteiger partial charge < -0.3 is 10.2 Å². The highest BCUT2D eigenvalue weighted by atomic mass is 35.5. The Morgan fingerprint density at radius 3 is 2.34 bits per heavy atom. The van der Waals surface area contributed by atoms with Gasteiger partial charge in [-0.2, -0.15) is 0 Å². The van der Waals surface area contributed by atoms with Crippen molar-refractivity contribution in [3.63, 3.8) is 0 Å². The Morgan fingerprint density at radius 2 is 1.77 bits per heavy atom. The number of sulfonamides is 1. The lowest BCUT2D eigenvalue weighted by atomic mass is 10.1. The number of rotatable bonds is 11. The molecular weight excluding hydrogens is 496 g/mol. The third-order valence-corrected chi connectivity index (χ3v) is 6.67. The Kier molecular flexibility index (Phi) is 9.61. The predicted octanol–water partition coefficient (Wildman–Crippen LogP) is 3.20. The Labute approximate surface area is 210 Å². The number of hydrogen-bond acceptors (Lipinski definition) is 6. The minimum Gasteiger partial charge on any atom is -0.354 e. The van der Waals surface area contributed by atoms with E-state index in [1.54, 1.807) is 31.2 Å². The zero-order valence-corrected chi connectivity index (χ0v) is 21.5. The summed E-state index contributed by atoms with van der Waals surface area (Å²) in [7, 11) is -4.00. The Morgan fingerprint density at radius 1 is 1.11 bits per heavy atom. The van der Waals surface area contributed by atoms with Crippen molar-refractivity contribution in [2.45, 2.75) is 33.4 Å². The van der Waals surface area contributed by atoms with E-state index in [9.17, 15) is 28.1 Å². The number of anilines is 1. The zero-order valence-electron chi connectivity index (χ0n) is 20.0. The van der Waals surface area contributed by atoms with E-state index in [1.165, 1.54) is 23.1 Å². The van der Waals surface area contributed by atoms with Gasteiger partial charge in [0.1, 0.15) is 12.6 Å². The molecule has 0 fully saturated rings. The van der Waals surface area contributed by atoms with E-state index in [0.29, 0.717) is 17.1 Å². The van der Waals surface area contributed by atoms with Gasteiger partial charge in [-0.15, -0.1) is 0 Å². The molecule has 0 heterocycles. The molecule has 35 heavy (non-hydrogen) atoms. The van der Waals surface area contributed by atoms with Gasteiger partial charge in [0, 0.05) is 30.2 Å². The minimum absolute atomic E-state index is 0.0374. The molecule has 0 aliphatic rings. The van der Waals surface area contributed by atoms with Gasteiger partial charge >= 0.3 is 0 Å². The Balaban J connectivity index is 2.42. The third kappa shape index (κ3) is 7.93. The van der Waals surface area contributed by atoms with E-state index in [4.69, 9.17) is 11.6 Å². The van der Waals surface area contributed by atoms with Crippen LogP contribution in [0.15, 0.2) is 48.5 Å². The maximum atomic E-state index is 13.5. The van der Waals surface area contributed by atoms with Crippen molar-refractivity contribution in [1.29, 1.82) is 0 Å². The summed E-state index contributed by atoms with van der Waals surface area (Å²) >= 11 is 6.27. The summed E-state index contributed by atoms with van der Waals surface area (Å²) in [6.07, 6.45) is 0.899. The van der Waals surface area contributed by atoms with Gasteiger partial charge in [0.25, 0.3) is 5.69 Å². The van der Waals surface area contributed by atoms with Gasteiger partial charge in [-0.1, -0.05) is 49.7 Å². The van der Waals surface area contributed by atoms with E-state index < -0.39 is 39.3 Å². The van der Waals surface area contributed by atoms with Crippen molar-refractivity contribution in [2.24, 2.45) is 5.92 Å². The number of hydrogen-bond donors (Lipinski definition) is 1. The summed E-state index contributed by atoms with van der Waals surface area (Å²) in [5.41, 5.74) is 0.217. The first-order valence-electron chi connectivity index (χ1n) is 10.8. The van der Waals surface area contributed by atoms with E-state index in [2.05, 4.69) is 5.32 Å². The van der Waals surface area contributed by atoms with E-state index in [-0.39, 0.29) is 23.8 Å². The molecule has 1 atom stereocenters. The SMILES string of the molecule is CC(C)CNC(=O)[C@@H](C)N(Cc1ccccc1Cl)C(=O)CN(c1cccc([N+](=O)[O-])c1)S(C)(=O)=O. The molecule has 2 aromatic rings. The highest BCUT2D eigenvalue weighted by Gasteiger charge is 2.31. The maximum absolute atomic E-state index is 13.5. The molecule has 0 bridgehead atoms. The number of amides is 2. The van der Waals surface area contributed by atoms with E-state index in [0.717, 1.165) is 16.6 Å². The van der Waals surface area contributed by atoms with Crippen LogP contribution in [0.3, 0.4) is 0 Å². The standard InChI is InChI=1S/C23H29ClN4O6S/c1-16(2)13-25-23(30)17(3)26(14-18-8-5-6-11-21(18)24)22(29)15-27(35(4,33)34)19-9-7-10-20(12-19)28(31)32/h5-12,16-17H,13-15H2,1-4H3,(H,25,30)/t17-/m1/s1. The first-order chi connectivity index (χ1) is 16.3. The van der Waals surface area contributed by atoms with Crippen LogP contribution in [0.25, 0.3) is 0 Å². The lowest BCUT2D eigenvalue weighted by Crippen LogP contribution is -2.51. The molecule has 10 nitrogen and oxygen atoms in total. The number of halogens is 1. The van der Waals surface area contributed by atoms with Gasteiger partial charge in [0.2, 0.25) is 21.8 Å². The molecule has 190 valence electrons. The quantitative estimate of drug-likeness (QED) is 0.355. The number of nitro groups is 1. The van der Waals surface area contributed by atoms with Crippen LogP contribution in [0, 0.1) is 16.0 Å². The number of nitrogens with zero attached hydrogens (tertiary/aromatic N) is 3. The van der Waals surface area contributed by atoms with Gasteiger partial charge in [0.15, 0.2) is 0 Å². The van der Waals surface area contributed by atoms with Crippen LogP contribution in [0.1, 0.15) is 26.3 Å². The first-order valence-corrected chi connectivity index (χ1v) is 13.1. The molecule has 1 N–H and O–H groups in total. The minimum atomic E-state index is -4.00. The molecule has 0 spiro atoms. The summed E-state index contributed by atoms with van der Waals surface area (Å²) in [6.45, 7) is 5.11. The van der Waals surface area contributed by atoms with Crippen molar-refractivity contribution >= 4 is 44.8 Å². The first kappa shape index (κ1) is 28.1. The highest BCUT2D eigenvalue weighted by Crippen LogP contribution is 2.24. The van der Waals surface area contributed by atoms with Crippen LogP contribution < -0.4 is 9.62 Å². The summed E-state index contributed by atoms with van der Waals surface area (Å²) in [4.78, 5) is 38.0. The van der Waals surface area contributed by atoms with Crippen LogP contribution >= 0.6 is 11.6 Å². The molecular formula is C23H29ClN4O6S. The number of non-ortho nitro benzene ring substituents is 1. The maximum Gasteiger partial charge on any atom is 0.271 e. The lowest BCUT2D eigenvalue weighted by molar-refractivity contribution is -0.384. The van der Waals surface area contributed by atoms with Crippen molar-refractivity contribution in [2.75, 3.05) is 23.7 Å². The number of carbonyl (C=O) groups excluding carboxylic acids is 2. The predicted molar refractivity (Wildman–Crippen MR) is 135 cm³/mol. The highest BCUT2D eigenvalue weighted by molar-refractivity contribution is 7.92. The average molecular weight is 525 g/mol. The number of carbonyl (C=O) groups is 2. The van der Waals surface area contributed by atoms with Crippen LogP contribution in [0.4, 0.5) is 11.4 Å². The second-order valence-corrected chi connectivity index (χ2v) is 10.8. The third-order valence-electron chi connectivity index (χ3n) is 5.16. The molecule has 2 aromatic carbocycles. The van der Waals surface area contributed by atoms with Crippen molar-refractivity contribution in [3.05, 3.63) is 69.2 Å². The smallest absolute Gasteiger partial charge is 0.271 e. The summed E-state index contributed by atoms with van der Waals surface area (Å²) in [5, 5.41) is 14.3. The van der Waals surface area contributed by atoms with Crippen LogP contribution in [0.2, 0.25) is 5.02 Å². The number of nitro benzene ring substituents is 1. The van der Waals surface area contributed by atoms with Crippen molar-refractivity contribution in [1.82, 2.24) is 10.2 Å². The van der Waals surface area contributed by atoms with Crippen molar-refractivity contribution in [3.8, 4) is 0 Å². The monoisotopic (exact) mass is 524 g/mol. The molecule has 0 radical (unpaired) electrons. The fraction of sp³-hybridized carbons (Fsp3) is 0.391. The molecule has 0 saturated carbocycles. The lowest BCUT2D eigenvalue weighted by Gasteiger charge is -2.31. The van der Waals surface area contributed by atoms with E-state index in [1.807, 2.05) is 13.8 Å². The normalized spacial score (nSPS) is 12.2. The summed E-state index contributed by atoms with van der Waals surface area (Å²) in [6, 6.07) is 10.9. The molecule has 0 unspecified atom stereocenters. The Hall–Kier alpha value is -3.18. The molecule has 12 heteroatoms. The van der Waals surface area contributed by atoms with Gasteiger partial charge in [-0.05, 0) is 30.5 Å². The van der Waals surface area contributed by atoms with E-state index >= 15 is 0 Å². The second kappa shape index (κ2) is 12.0.